The van der Waals surface area contributed by atoms with Crippen LogP contribution in [-0.2, 0) is 11.3 Å². The maximum Gasteiger partial charge on any atom is 0.338 e. The summed E-state index contributed by atoms with van der Waals surface area (Å²) in [5.41, 5.74) is 2.58. The number of nitriles is 1. The highest BCUT2D eigenvalue weighted by Crippen LogP contribution is 2.14. The second kappa shape index (κ2) is 6.63. The van der Waals surface area contributed by atoms with E-state index >= 15 is 0 Å². The normalized spacial score (nSPS) is 10.0. The number of rotatable bonds is 4. The molecule has 1 heterocycles. The monoisotopic (exact) mass is 302 g/mol. The molecule has 112 valence electrons. The topological polar surface area (TPSA) is 55.0 Å². The van der Waals surface area contributed by atoms with Crippen LogP contribution in [0, 0.1) is 11.3 Å². The van der Waals surface area contributed by atoms with Gasteiger partial charge in [0, 0.05) is 23.6 Å². The molecule has 2 aromatic carbocycles. The quantitative estimate of drug-likeness (QED) is 0.690. The van der Waals surface area contributed by atoms with Gasteiger partial charge in [-0.25, -0.2) is 4.79 Å². The smallest absolute Gasteiger partial charge is 0.338 e. The van der Waals surface area contributed by atoms with Crippen LogP contribution in [0.1, 0.15) is 21.5 Å². The third-order valence-corrected chi connectivity index (χ3v) is 3.48. The van der Waals surface area contributed by atoms with Gasteiger partial charge >= 0.3 is 5.97 Å². The second-order valence-electron chi connectivity index (χ2n) is 4.99. The minimum absolute atomic E-state index is 0.0797. The first-order chi connectivity index (χ1) is 11.3. The largest absolute Gasteiger partial charge is 0.457 e. The predicted molar refractivity (Wildman–Crippen MR) is 86.0 cm³/mol. The van der Waals surface area contributed by atoms with Crippen molar-refractivity contribution in [3.05, 3.63) is 89.7 Å². The highest BCUT2D eigenvalue weighted by atomic mass is 16.5. The van der Waals surface area contributed by atoms with E-state index in [0.29, 0.717) is 16.7 Å². The van der Waals surface area contributed by atoms with Crippen molar-refractivity contribution in [2.24, 2.45) is 0 Å². The van der Waals surface area contributed by atoms with Crippen LogP contribution in [0.2, 0.25) is 0 Å². The van der Waals surface area contributed by atoms with Crippen LogP contribution in [0.3, 0.4) is 0 Å². The Bertz CT molecular complexity index is 861. The van der Waals surface area contributed by atoms with Gasteiger partial charge in [-0.3, -0.25) is 0 Å². The van der Waals surface area contributed by atoms with Gasteiger partial charge in [0.15, 0.2) is 0 Å². The third-order valence-electron chi connectivity index (χ3n) is 3.48. The Kier molecular flexibility index (Phi) is 4.21. The molecular weight excluding hydrogens is 288 g/mol. The zero-order valence-electron chi connectivity index (χ0n) is 12.3. The van der Waals surface area contributed by atoms with Crippen LogP contribution in [0.25, 0.3) is 5.69 Å². The molecule has 0 aliphatic rings. The van der Waals surface area contributed by atoms with E-state index < -0.39 is 5.97 Å². The first-order valence-electron chi connectivity index (χ1n) is 7.16. The van der Waals surface area contributed by atoms with Crippen molar-refractivity contribution >= 4 is 5.97 Å². The highest BCUT2D eigenvalue weighted by Gasteiger charge is 2.10. The molecule has 0 bridgehead atoms. The van der Waals surface area contributed by atoms with E-state index in [-0.39, 0.29) is 6.61 Å². The van der Waals surface area contributed by atoms with Gasteiger partial charge < -0.3 is 9.30 Å². The lowest BCUT2D eigenvalue weighted by Gasteiger charge is -2.08. The average Bonchev–Trinajstić information content (AvgIpc) is 3.14. The van der Waals surface area contributed by atoms with Crippen LogP contribution < -0.4 is 0 Å². The van der Waals surface area contributed by atoms with Crippen molar-refractivity contribution in [3.63, 3.8) is 0 Å². The Balaban J connectivity index is 1.74. The Morgan fingerprint density at radius 3 is 2.61 bits per heavy atom. The summed E-state index contributed by atoms with van der Waals surface area (Å²) < 4.78 is 7.25. The summed E-state index contributed by atoms with van der Waals surface area (Å²) in [7, 11) is 0. The zero-order chi connectivity index (χ0) is 16.1. The van der Waals surface area contributed by atoms with Crippen LogP contribution in [0.4, 0.5) is 0 Å². The number of hydrogen-bond acceptors (Lipinski definition) is 3. The second-order valence-corrected chi connectivity index (χ2v) is 4.99. The number of nitrogens with zero attached hydrogens (tertiary/aromatic N) is 2. The molecule has 0 aliphatic heterocycles. The molecule has 4 heteroatoms. The maximum absolute atomic E-state index is 12.2. The Hall–Kier alpha value is -3.32. The summed E-state index contributed by atoms with van der Waals surface area (Å²) in [6.45, 7) is 0.0797. The van der Waals surface area contributed by atoms with Crippen molar-refractivity contribution < 1.29 is 9.53 Å². The summed E-state index contributed by atoms with van der Waals surface area (Å²) in [6.07, 6.45) is 3.82. The van der Waals surface area contributed by atoms with E-state index in [1.54, 1.807) is 30.3 Å². The van der Waals surface area contributed by atoms with Crippen LogP contribution in [0.5, 0.6) is 0 Å². The molecular formula is C19H14N2O2. The van der Waals surface area contributed by atoms with Gasteiger partial charge in [0.05, 0.1) is 17.2 Å². The van der Waals surface area contributed by atoms with Gasteiger partial charge in [-0.15, -0.1) is 0 Å². The number of carbonyl (C=O) groups is 1. The van der Waals surface area contributed by atoms with Crippen LogP contribution >= 0.6 is 0 Å². The molecule has 0 amide bonds. The first kappa shape index (κ1) is 14.6. The fourth-order valence-corrected chi connectivity index (χ4v) is 2.28. The molecule has 3 aromatic rings. The highest BCUT2D eigenvalue weighted by molar-refractivity contribution is 5.90. The molecule has 23 heavy (non-hydrogen) atoms. The van der Waals surface area contributed by atoms with E-state index in [0.717, 1.165) is 5.69 Å². The Morgan fingerprint density at radius 1 is 1.04 bits per heavy atom. The van der Waals surface area contributed by atoms with E-state index in [1.165, 1.54) is 0 Å². The first-order valence-corrected chi connectivity index (χ1v) is 7.16. The molecule has 0 saturated heterocycles. The number of benzene rings is 2. The SMILES string of the molecule is N#Cc1ccccc1COC(=O)c1cccc(-n2cccc2)c1. The van der Waals surface area contributed by atoms with E-state index in [2.05, 4.69) is 6.07 Å². The minimum atomic E-state index is -0.410. The summed E-state index contributed by atoms with van der Waals surface area (Å²) >= 11 is 0. The Labute approximate surface area is 134 Å². The molecule has 0 atom stereocenters. The molecule has 0 saturated carbocycles. The molecule has 3 rings (SSSR count). The van der Waals surface area contributed by atoms with Crippen molar-refractivity contribution in [2.75, 3.05) is 0 Å². The fourth-order valence-electron chi connectivity index (χ4n) is 2.28. The molecule has 0 fully saturated rings. The van der Waals surface area contributed by atoms with Crippen LogP contribution in [0.15, 0.2) is 73.1 Å². The molecule has 0 N–H and O–H groups in total. The summed E-state index contributed by atoms with van der Waals surface area (Å²) in [5.74, 6) is -0.410. The van der Waals surface area contributed by atoms with Crippen LogP contribution in [-0.4, -0.2) is 10.5 Å². The lowest BCUT2D eigenvalue weighted by molar-refractivity contribution is 0.0472. The predicted octanol–water partition coefficient (Wildman–Crippen LogP) is 3.71. The van der Waals surface area contributed by atoms with Crippen molar-refractivity contribution in [3.8, 4) is 11.8 Å². The van der Waals surface area contributed by atoms with Gasteiger partial charge in [0.25, 0.3) is 0 Å². The number of carbonyl (C=O) groups excluding carboxylic acids is 1. The van der Waals surface area contributed by atoms with E-state index in [1.807, 2.05) is 47.3 Å². The third kappa shape index (κ3) is 3.30. The maximum atomic E-state index is 12.2. The van der Waals surface area contributed by atoms with Gasteiger partial charge in [0.1, 0.15) is 6.61 Å². The van der Waals surface area contributed by atoms with Gasteiger partial charge in [-0.2, -0.15) is 5.26 Å². The van der Waals surface area contributed by atoms with Crippen molar-refractivity contribution in [1.29, 1.82) is 5.26 Å². The minimum Gasteiger partial charge on any atom is -0.457 e. The van der Waals surface area contributed by atoms with Crippen molar-refractivity contribution in [2.45, 2.75) is 6.61 Å². The van der Waals surface area contributed by atoms with Gasteiger partial charge in [0.2, 0.25) is 0 Å². The Morgan fingerprint density at radius 2 is 1.83 bits per heavy atom. The van der Waals surface area contributed by atoms with Crippen molar-refractivity contribution in [1.82, 2.24) is 4.57 Å². The standard InChI is InChI=1S/C19H14N2O2/c20-13-16-6-1-2-7-17(16)14-23-19(22)15-8-5-9-18(12-15)21-10-3-4-11-21/h1-12H,14H2. The zero-order valence-corrected chi connectivity index (χ0v) is 12.3. The van der Waals surface area contributed by atoms with E-state index in [9.17, 15) is 4.79 Å². The molecule has 0 unspecified atom stereocenters. The number of esters is 1. The number of hydrogen-bond donors (Lipinski definition) is 0. The summed E-state index contributed by atoms with van der Waals surface area (Å²) in [5, 5.41) is 9.05. The van der Waals surface area contributed by atoms with E-state index in [4.69, 9.17) is 10.00 Å². The van der Waals surface area contributed by atoms with Gasteiger partial charge in [-0.05, 0) is 36.4 Å². The summed E-state index contributed by atoms with van der Waals surface area (Å²) in [6, 6.07) is 20.2. The lowest BCUT2D eigenvalue weighted by atomic mass is 10.1. The molecule has 1 aromatic heterocycles. The molecule has 0 radical (unpaired) electrons. The van der Waals surface area contributed by atoms with Gasteiger partial charge in [-0.1, -0.05) is 24.3 Å². The lowest BCUT2D eigenvalue weighted by Crippen LogP contribution is -2.07. The average molecular weight is 302 g/mol. The number of aromatic nitrogens is 1. The molecule has 0 spiro atoms. The molecule has 0 aliphatic carbocycles. The molecule has 4 nitrogen and oxygen atoms in total. The number of ether oxygens (including phenoxy) is 1. The fraction of sp³-hybridized carbons (Fsp3) is 0.0526. The summed E-state index contributed by atoms with van der Waals surface area (Å²) in [4.78, 5) is 12.2.